The van der Waals surface area contributed by atoms with Gasteiger partial charge in [0.05, 0.1) is 0 Å². The van der Waals surface area contributed by atoms with Crippen LogP contribution in [0, 0.1) is 5.92 Å². The molecule has 12 heavy (non-hydrogen) atoms. The molecule has 0 saturated heterocycles. The summed E-state index contributed by atoms with van der Waals surface area (Å²) in [6.07, 6.45) is 3.81. The van der Waals surface area contributed by atoms with Crippen molar-refractivity contribution in [3.8, 4) is 0 Å². The second kappa shape index (κ2) is 3.35. The molecule has 0 amide bonds. The Bertz CT molecular complexity index is 152. The van der Waals surface area contributed by atoms with Crippen LogP contribution >= 0.6 is 0 Å². The number of hydrogen-bond donors (Lipinski definition) is 1. The van der Waals surface area contributed by atoms with Crippen LogP contribution in [0.5, 0.6) is 0 Å². The van der Waals surface area contributed by atoms with Crippen molar-refractivity contribution in [3.05, 3.63) is 0 Å². The summed E-state index contributed by atoms with van der Waals surface area (Å²) in [6, 6.07) is 0.359. The van der Waals surface area contributed by atoms with E-state index in [2.05, 4.69) is 32.8 Å². The molecule has 0 heterocycles. The van der Waals surface area contributed by atoms with Gasteiger partial charge >= 0.3 is 0 Å². The van der Waals surface area contributed by atoms with Gasteiger partial charge in [-0.2, -0.15) is 0 Å². The molecule has 2 nitrogen and oxygen atoms in total. The normalized spacial score (nSPS) is 25.5. The summed E-state index contributed by atoms with van der Waals surface area (Å²) in [6.45, 7) is 4.50. The molecule has 2 N–H and O–H groups in total. The predicted octanol–water partition coefficient (Wildman–Crippen LogP) is 1.45. The molecule has 1 rings (SSSR count). The van der Waals surface area contributed by atoms with Gasteiger partial charge in [0, 0.05) is 11.6 Å². The zero-order valence-corrected chi connectivity index (χ0v) is 8.80. The van der Waals surface area contributed by atoms with Gasteiger partial charge in [-0.3, -0.25) is 0 Å². The van der Waals surface area contributed by atoms with E-state index in [0.29, 0.717) is 6.04 Å². The van der Waals surface area contributed by atoms with Crippen molar-refractivity contribution in [1.82, 2.24) is 4.90 Å². The lowest BCUT2D eigenvalue weighted by Gasteiger charge is -2.41. The lowest BCUT2D eigenvalue weighted by atomic mass is 9.85. The SMILES string of the molecule is CCC(C)(C(N)C1CC1)N(C)C. The van der Waals surface area contributed by atoms with Crippen LogP contribution in [0.2, 0.25) is 0 Å². The van der Waals surface area contributed by atoms with E-state index in [1.165, 1.54) is 12.8 Å². The summed E-state index contributed by atoms with van der Waals surface area (Å²) >= 11 is 0. The molecule has 1 fully saturated rings. The summed E-state index contributed by atoms with van der Waals surface area (Å²) in [5.41, 5.74) is 6.42. The van der Waals surface area contributed by atoms with E-state index >= 15 is 0 Å². The highest BCUT2D eigenvalue weighted by Gasteiger charge is 2.41. The fraction of sp³-hybridized carbons (Fsp3) is 1.00. The molecule has 1 aliphatic rings. The minimum atomic E-state index is 0.196. The van der Waals surface area contributed by atoms with Gasteiger partial charge in [-0.1, -0.05) is 6.92 Å². The molecule has 2 unspecified atom stereocenters. The van der Waals surface area contributed by atoms with E-state index in [1.807, 2.05) is 0 Å². The Kier molecular flexibility index (Phi) is 2.79. The van der Waals surface area contributed by atoms with Crippen LogP contribution in [0.25, 0.3) is 0 Å². The quantitative estimate of drug-likeness (QED) is 0.692. The number of nitrogens with two attached hydrogens (primary N) is 1. The minimum absolute atomic E-state index is 0.196. The molecule has 72 valence electrons. The maximum atomic E-state index is 6.23. The van der Waals surface area contributed by atoms with Crippen LogP contribution in [-0.2, 0) is 0 Å². The molecule has 0 bridgehead atoms. The number of rotatable bonds is 4. The van der Waals surface area contributed by atoms with E-state index in [9.17, 15) is 0 Å². The second-order valence-electron chi connectivity index (χ2n) is 4.47. The van der Waals surface area contributed by atoms with Crippen molar-refractivity contribution < 1.29 is 0 Å². The molecular weight excluding hydrogens is 148 g/mol. The molecule has 0 radical (unpaired) electrons. The first-order valence-corrected chi connectivity index (χ1v) is 4.95. The van der Waals surface area contributed by atoms with Crippen molar-refractivity contribution in [2.45, 2.75) is 44.7 Å². The summed E-state index contributed by atoms with van der Waals surface area (Å²) in [5, 5.41) is 0. The van der Waals surface area contributed by atoms with Crippen molar-refractivity contribution in [2.75, 3.05) is 14.1 Å². The molecule has 0 aromatic heterocycles. The van der Waals surface area contributed by atoms with E-state index in [0.717, 1.165) is 12.3 Å². The predicted molar refractivity (Wildman–Crippen MR) is 53.1 cm³/mol. The molecule has 0 aromatic carbocycles. The third-order valence-corrected chi connectivity index (χ3v) is 3.59. The van der Waals surface area contributed by atoms with E-state index < -0.39 is 0 Å². The van der Waals surface area contributed by atoms with Gasteiger partial charge in [-0.05, 0) is 46.2 Å². The topological polar surface area (TPSA) is 29.3 Å². The van der Waals surface area contributed by atoms with Gasteiger partial charge in [0.25, 0.3) is 0 Å². The molecule has 2 heteroatoms. The number of likely N-dealkylation sites (N-methyl/N-ethyl adjacent to an activating group) is 1. The summed E-state index contributed by atoms with van der Waals surface area (Å²) in [7, 11) is 4.26. The molecule has 0 spiro atoms. The van der Waals surface area contributed by atoms with Gasteiger partial charge in [-0.25, -0.2) is 0 Å². The molecule has 0 aliphatic heterocycles. The van der Waals surface area contributed by atoms with Crippen LogP contribution < -0.4 is 5.73 Å². The molecule has 0 aromatic rings. The maximum Gasteiger partial charge on any atom is 0.0326 e. The standard InChI is InChI=1S/C10H22N2/c1-5-10(2,12(3)4)9(11)8-6-7-8/h8-9H,5-7,11H2,1-4H3. The van der Waals surface area contributed by atoms with Gasteiger partial charge in [-0.15, -0.1) is 0 Å². The molecule has 1 saturated carbocycles. The van der Waals surface area contributed by atoms with Crippen molar-refractivity contribution in [2.24, 2.45) is 11.7 Å². The highest BCUT2D eigenvalue weighted by Crippen LogP contribution is 2.38. The zero-order chi connectivity index (χ0) is 9.35. The van der Waals surface area contributed by atoms with Crippen LogP contribution in [0.1, 0.15) is 33.1 Å². The Morgan fingerprint density at radius 2 is 2.00 bits per heavy atom. The fourth-order valence-corrected chi connectivity index (χ4v) is 1.81. The number of hydrogen-bond acceptors (Lipinski definition) is 2. The molecular formula is C10H22N2. The number of nitrogens with zero attached hydrogens (tertiary/aromatic N) is 1. The summed E-state index contributed by atoms with van der Waals surface area (Å²) in [4.78, 5) is 2.27. The first-order chi connectivity index (χ1) is 5.52. The van der Waals surface area contributed by atoms with Crippen LogP contribution in [0.4, 0.5) is 0 Å². The first kappa shape index (κ1) is 10.0. The minimum Gasteiger partial charge on any atom is -0.326 e. The van der Waals surface area contributed by atoms with Gasteiger partial charge in [0.2, 0.25) is 0 Å². The molecule has 2 atom stereocenters. The summed E-state index contributed by atoms with van der Waals surface area (Å²) in [5.74, 6) is 0.789. The Hall–Kier alpha value is -0.0800. The van der Waals surface area contributed by atoms with Crippen LogP contribution in [0.15, 0.2) is 0 Å². The first-order valence-electron chi connectivity index (χ1n) is 4.95. The largest absolute Gasteiger partial charge is 0.326 e. The van der Waals surface area contributed by atoms with E-state index in [-0.39, 0.29) is 5.54 Å². The maximum absolute atomic E-state index is 6.23. The van der Waals surface area contributed by atoms with Crippen molar-refractivity contribution in [3.63, 3.8) is 0 Å². The van der Waals surface area contributed by atoms with Crippen molar-refractivity contribution >= 4 is 0 Å². The third-order valence-electron chi connectivity index (χ3n) is 3.59. The zero-order valence-electron chi connectivity index (χ0n) is 8.80. The fourth-order valence-electron chi connectivity index (χ4n) is 1.81. The monoisotopic (exact) mass is 170 g/mol. The lowest BCUT2D eigenvalue weighted by molar-refractivity contribution is 0.121. The lowest BCUT2D eigenvalue weighted by Crippen LogP contribution is -2.55. The van der Waals surface area contributed by atoms with Crippen molar-refractivity contribution in [1.29, 1.82) is 0 Å². The summed E-state index contributed by atoms with van der Waals surface area (Å²) < 4.78 is 0. The van der Waals surface area contributed by atoms with Gasteiger partial charge in [0.15, 0.2) is 0 Å². The van der Waals surface area contributed by atoms with E-state index in [1.54, 1.807) is 0 Å². The Balaban J connectivity index is 2.63. The highest BCUT2D eigenvalue weighted by molar-refractivity contribution is 5.00. The smallest absolute Gasteiger partial charge is 0.0326 e. The Labute approximate surface area is 76.1 Å². The van der Waals surface area contributed by atoms with Crippen LogP contribution in [0.3, 0.4) is 0 Å². The highest BCUT2D eigenvalue weighted by atomic mass is 15.2. The Morgan fingerprint density at radius 1 is 1.50 bits per heavy atom. The van der Waals surface area contributed by atoms with Gasteiger partial charge < -0.3 is 10.6 Å². The van der Waals surface area contributed by atoms with E-state index in [4.69, 9.17) is 5.73 Å². The molecule has 1 aliphatic carbocycles. The Morgan fingerprint density at radius 3 is 2.25 bits per heavy atom. The average molecular weight is 170 g/mol. The third kappa shape index (κ3) is 1.64. The average Bonchev–Trinajstić information content (AvgIpc) is 2.83. The van der Waals surface area contributed by atoms with Gasteiger partial charge in [0.1, 0.15) is 0 Å². The van der Waals surface area contributed by atoms with Crippen LogP contribution in [-0.4, -0.2) is 30.6 Å². The second-order valence-corrected chi connectivity index (χ2v) is 4.47.